The number of hydrogen-bond donors (Lipinski definition) is 1. The van der Waals surface area contributed by atoms with Gasteiger partial charge in [-0.2, -0.15) is 0 Å². The van der Waals surface area contributed by atoms with Gasteiger partial charge < -0.3 is 10.3 Å². The molecule has 0 fully saturated rings. The van der Waals surface area contributed by atoms with Crippen molar-refractivity contribution in [3.63, 3.8) is 0 Å². The van der Waals surface area contributed by atoms with Crippen molar-refractivity contribution >= 4 is 16.9 Å². The fourth-order valence-electron chi connectivity index (χ4n) is 5.52. The van der Waals surface area contributed by atoms with Crippen molar-refractivity contribution < 1.29 is 0 Å². The van der Waals surface area contributed by atoms with E-state index in [1.807, 2.05) is 13.8 Å². The van der Waals surface area contributed by atoms with Crippen LogP contribution < -0.4 is 5.73 Å². The molecule has 0 spiro atoms. The maximum Gasteiger partial charge on any atom is 0.141 e. The van der Waals surface area contributed by atoms with Gasteiger partial charge >= 0.3 is 0 Å². The molecule has 4 nitrogen and oxygen atoms in total. The van der Waals surface area contributed by atoms with E-state index < -0.39 is 0 Å². The number of imidazole rings is 1. The van der Waals surface area contributed by atoms with Crippen LogP contribution in [0.1, 0.15) is 76.6 Å². The molecule has 0 unspecified atom stereocenters. The normalized spacial score (nSPS) is 16.9. The van der Waals surface area contributed by atoms with E-state index in [-0.39, 0.29) is 16.9 Å². The van der Waals surface area contributed by atoms with Gasteiger partial charge in [-0.3, -0.25) is 4.99 Å². The van der Waals surface area contributed by atoms with Gasteiger partial charge in [0, 0.05) is 23.7 Å². The SMILES string of the molecule is CC(C)N=C(N)c1ccc2c(c1)nc(-c1ccc3c(c1)C(C)(C)CCC3(C)C)n2Cc1ccccc1. The van der Waals surface area contributed by atoms with E-state index in [0.717, 1.165) is 34.5 Å². The Kier molecular flexibility index (Phi) is 6.02. The Morgan fingerprint density at radius 3 is 2.31 bits per heavy atom. The Morgan fingerprint density at radius 1 is 0.917 bits per heavy atom. The topological polar surface area (TPSA) is 56.2 Å². The van der Waals surface area contributed by atoms with Gasteiger partial charge in [0.1, 0.15) is 11.7 Å². The van der Waals surface area contributed by atoms with Crippen LogP contribution in [0.4, 0.5) is 0 Å². The minimum absolute atomic E-state index is 0.145. The summed E-state index contributed by atoms with van der Waals surface area (Å²) in [5.74, 6) is 1.55. The van der Waals surface area contributed by atoms with Crippen LogP contribution in [0.3, 0.4) is 0 Å². The summed E-state index contributed by atoms with van der Waals surface area (Å²) in [5.41, 5.74) is 14.9. The second-order valence-electron chi connectivity index (χ2n) is 11.8. The standard InChI is InChI=1S/C32H38N4/c1-21(2)34-29(33)23-13-15-28-27(19-23)35-30(36(28)20-22-10-8-7-9-11-22)24-12-14-25-26(18-24)32(5,6)17-16-31(25,3)4/h7-15,18-19,21H,16-17,20H2,1-6H3,(H2,33,34). The van der Waals surface area contributed by atoms with Gasteiger partial charge in [0.2, 0.25) is 0 Å². The number of rotatable bonds is 5. The van der Waals surface area contributed by atoms with Crippen LogP contribution in [0.5, 0.6) is 0 Å². The number of nitrogens with zero attached hydrogens (tertiary/aromatic N) is 3. The highest BCUT2D eigenvalue weighted by Gasteiger charge is 2.37. The third-order valence-electron chi connectivity index (χ3n) is 7.74. The Labute approximate surface area is 215 Å². The van der Waals surface area contributed by atoms with Gasteiger partial charge in [0.25, 0.3) is 0 Å². The lowest BCUT2D eigenvalue weighted by molar-refractivity contribution is 0.332. The van der Waals surface area contributed by atoms with Crippen LogP contribution in [0.15, 0.2) is 71.7 Å². The fraction of sp³-hybridized carbons (Fsp3) is 0.375. The van der Waals surface area contributed by atoms with Crippen molar-refractivity contribution in [2.45, 2.75) is 77.8 Å². The second kappa shape index (κ2) is 8.92. The van der Waals surface area contributed by atoms with E-state index in [1.165, 1.54) is 29.5 Å². The molecule has 4 heteroatoms. The molecule has 0 saturated carbocycles. The highest BCUT2D eigenvalue weighted by Crippen LogP contribution is 2.46. The van der Waals surface area contributed by atoms with Gasteiger partial charge in [-0.15, -0.1) is 0 Å². The van der Waals surface area contributed by atoms with Gasteiger partial charge in [-0.25, -0.2) is 4.98 Å². The van der Waals surface area contributed by atoms with Crippen molar-refractivity contribution in [3.8, 4) is 11.4 Å². The van der Waals surface area contributed by atoms with E-state index in [4.69, 9.17) is 10.7 Å². The molecule has 36 heavy (non-hydrogen) atoms. The highest BCUT2D eigenvalue weighted by atomic mass is 15.1. The summed E-state index contributed by atoms with van der Waals surface area (Å²) in [4.78, 5) is 9.73. The summed E-state index contributed by atoms with van der Waals surface area (Å²) >= 11 is 0. The molecule has 1 aromatic heterocycles. The number of benzene rings is 3. The van der Waals surface area contributed by atoms with Gasteiger partial charge in [0.15, 0.2) is 0 Å². The molecular formula is C32H38N4. The zero-order valence-corrected chi connectivity index (χ0v) is 22.5. The molecule has 2 N–H and O–H groups in total. The average molecular weight is 479 g/mol. The van der Waals surface area contributed by atoms with Crippen molar-refractivity contribution in [1.82, 2.24) is 9.55 Å². The summed E-state index contributed by atoms with van der Waals surface area (Å²) in [7, 11) is 0. The zero-order chi connectivity index (χ0) is 25.7. The van der Waals surface area contributed by atoms with Crippen molar-refractivity contribution in [3.05, 3.63) is 89.0 Å². The molecule has 5 rings (SSSR count). The molecule has 0 saturated heterocycles. The largest absolute Gasteiger partial charge is 0.383 e. The smallest absolute Gasteiger partial charge is 0.141 e. The summed E-state index contributed by atoms with van der Waals surface area (Å²) < 4.78 is 2.34. The van der Waals surface area contributed by atoms with Crippen LogP contribution >= 0.6 is 0 Å². The Balaban J connectivity index is 1.70. The minimum atomic E-state index is 0.145. The summed E-state index contributed by atoms with van der Waals surface area (Å²) in [6.07, 6.45) is 2.40. The number of nitrogens with two attached hydrogens (primary N) is 1. The molecule has 186 valence electrons. The highest BCUT2D eigenvalue weighted by molar-refractivity contribution is 6.00. The number of fused-ring (bicyclic) bond motifs is 2. The van der Waals surface area contributed by atoms with Crippen LogP contribution in [-0.4, -0.2) is 21.4 Å². The Morgan fingerprint density at radius 2 is 1.61 bits per heavy atom. The third-order valence-corrected chi connectivity index (χ3v) is 7.74. The quantitative estimate of drug-likeness (QED) is 0.243. The predicted octanol–water partition coefficient (Wildman–Crippen LogP) is 7.21. The lowest BCUT2D eigenvalue weighted by Gasteiger charge is -2.42. The van der Waals surface area contributed by atoms with Gasteiger partial charge in [-0.05, 0) is 78.5 Å². The Bertz CT molecular complexity index is 1440. The zero-order valence-electron chi connectivity index (χ0n) is 22.5. The van der Waals surface area contributed by atoms with Gasteiger partial charge in [0.05, 0.1) is 11.0 Å². The molecule has 3 aromatic carbocycles. The first-order valence-corrected chi connectivity index (χ1v) is 13.1. The molecule has 0 radical (unpaired) electrons. The molecule has 0 atom stereocenters. The van der Waals surface area contributed by atoms with Crippen LogP contribution in [-0.2, 0) is 17.4 Å². The van der Waals surface area contributed by atoms with E-state index in [0.29, 0.717) is 5.84 Å². The molecule has 1 aliphatic carbocycles. The minimum Gasteiger partial charge on any atom is -0.383 e. The van der Waals surface area contributed by atoms with Crippen molar-refractivity contribution in [2.75, 3.05) is 0 Å². The Hall–Kier alpha value is -3.40. The molecule has 0 amide bonds. The van der Waals surface area contributed by atoms with Crippen molar-refractivity contribution in [2.24, 2.45) is 10.7 Å². The first kappa shape index (κ1) is 24.3. The molecule has 0 bridgehead atoms. The number of hydrogen-bond acceptors (Lipinski definition) is 2. The van der Waals surface area contributed by atoms with E-state index in [2.05, 4.69) is 104 Å². The summed E-state index contributed by atoms with van der Waals surface area (Å²) in [6, 6.07) is 24.0. The van der Waals surface area contributed by atoms with Crippen LogP contribution in [0.2, 0.25) is 0 Å². The van der Waals surface area contributed by atoms with E-state index in [1.54, 1.807) is 0 Å². The molecule has 1 aliphatic rings. The first-order valence-electron chi connectivity index (χ1n) is 13.1. The lowest BCUT2D eigenvalue weighted by atomic mass is 9.63. The maximum atomic E-state index is 6.31. The predicted molar refractivity (Wildman–Crippen MR) is 152 cm³/mol. The molecule has 1 heterocycles. The molecule has 4 aromatic rings. The van der Waals surface area contributed by atoms with Crippen LogP contribution in [0.25, 0.3) is 22.4 Å². The third kappa shape index (κ3) is 4.45. The lowest BCUT2D eigenvalue weighted by Crippen LogP contribution is -2.33. The molecular weight excluding hydrogens is 440 g/mol. The second-order valence-corrected chi connectivity index (χ2v) is 11.8. The summed E-state index contributed by atoms with van der Waals surface area (Å²) in [6.45, 7) is 14.3. The fourth-order valence-corrected chi connectivity index (χ4v) is 5.52. The summed E-state index contributed by atoms with van der Waals surface area (Å²) in [5, 5.41) is 0. The maximum absolute atomic E-state index is 6.31. The molecule has 0 aliphatic heterocycles. The van der Waals surface area contributed by atoms with Crippen LogP contribution in [0, 0.1) is 0 Å². The van der Waals surface area contributed by atoms with Crippen molar-refractivity contribution in [1.29, 1.82) is 0 Å². The van der Waals surface area contributed by atoms with Gasteiger partial charge in [-0.1, -0.05) is 70.2 Å². The number of aromatic nitrogens is 2. The number of aliphatic imine (C=N–C) groups is 1. The number of amidine groups is 1. The average Bonchev–Trinajstić information content (AvgIpc) is 3.19. The monoisotopic (exact) mass is 478 g/mol. The first-order chi connectivity index (χ1) is 17.0. The van der Waals surface area contributed by atoms with E-state index in [9.17, 15) is 0 Å². The van der Waals surface area contributed by atoms with E-state index >= 15 is 0 Å².